The SMILES string of the molecule is CN(Cc1ccccc1)CC(O)CCN. The zero-order chi connectivity index (χ0) is 11.1. The number of benzene rings is 1. The standard InChI is InChI=1S/C12H20N2O/c1-14(10-12(15)7-8-13)9-11-5-3-2-4-6-11/h2-6,12,15H,7-10,13H2,1H3. The monoisotopic (exact) mass is 208 g/mol. The lowest BCUT2D eigenvalue weighted by molar-refractivity contribution is 0.117. The summed E-state index contributed by atoms with van der Waals surface area (Å²) < 4.78 is 0. The van der Waals surface area contributed by atoms with Crippen LogP contribution in [0, 0.1) is 0 Å². The second kappa shape index (κ2) is 6.56. The Morgan fingerprint density at radius 1 is 1.33 bits per heavy atom. The smallest absolute Gasteiger partial charge is 0.0679 e. The van der Waals surface area contributed by atoms with Crippen molar-refractivity contribution in [2.75, 3.05) is 20.1 Å². The number of aliphatic hydroxyl groups excluding tert-OH is 1. The van der Waals surface area contributed by atoms with E-state index in [1.54, 1.807) is 0 Å². The molecule has 1 unspecified atom stereocenters. The zero-order valence-electron chi connectivity index (χ0n) is 9.26. The number of hydrogen-bond donors (Lipinski definition) is 2. The third kappa shape index (κ3) is 4.93. The lowest BCUT2D eigenvalue weighted by Gasteiger charge is -2.20. The van der Waals surface area contributed by atoms with Gasteiger partial charge in [0.1, 0.15) is 0 Å². The highest BCUT2D eigenvalue weighted by Crippen LogP contribution is 2.03. The molecule has 0 bridgehead atoms. The van der Waals surface area contributed by atoms with Gasteiger partial charge >= 0.3 is 0 Å². The molecule has 0 saturated carbocycles. The van der Waals surface area contributed by atoms with Gasteiger partial charge in [-0.15, -0.1) is 0 Å². The van der Waals surface area contributed by atoms with Gasteiger partial charge in [0.15, 0.2) is 0 Å². The Hall–Kier alpha value is -0.900. The summed E-state index contributed by atoms with van der Waals surface area (Å²) in [6.45, 7) is 2.08. The van der Waals surface area contributed by atoms with E-state index in [9.17, 15) is 5.11 Å². The fourth-order valence-electron chi connectivity index (χ4n) is 1.60. The van der Waals surface area contributed by atoms with Gasteiger partial charge in [0.2, 0.25) is 0 Å². The third-order valence-electron chi connectivity index (χ3n) is 2.32. The first-order chi connectivity index (χ1) is 7.22. The lowest BCUT2D eigenvalue weighted by Crippen LogP contribution is -2.30. The van der Waals surface area contributed by atoms with Crippen molar-refractivity contribution in [2.45, 2.75) is 19.1 Å². The molecule has 1 rings (SSSR count). The van der Waals surface area contributed by atoms with Crippen LogP contribution in [0.3, 0.4) is 0 Å². The van der Waals surface area contributed by atoms with E-state index in [1.807, 2.05) is 25.2 Å². The van der Waals surface area contributed by atoms with Gasteiger partial charge in [-0.05, 0) is 25.6 Å². The molecule has 0 spiro atoms. The minimum Gasteiger partial charge on any atom is -0.392 e. The first-order valence-electron chi connectivity index (χ1n) is 5.33. The van der Waals surface area contributed by atoms with Crippen LogP contribution in [0.25, 0.3) is 0 Å². The van der Waals surface area contributed by atoms with E-state index in [2.05, 4.69) is 17.0 Å². The summed E-state index contributed by atoms with van der Waals surface area (Å²) in [6, 6.07) is 10.2. The summed E-state index contributed by atoms with van der Waals surface area (Å²) in [5.74, 6) is 0. The normalized spacial score (nSPS) is 13.1. The number of rotatable bonds is 6. The van der Waals surface area contributed by atoms with E-state index < -0.39 is 0 Å². The number of nitrogens with two attached hydrogens (primary N) is 1. The van der Waals surface area contributed by atoms with E-state index in [0.29, 0.717) is 19.5 Å². The van der Waals surface area contributed by atoms with Gasteiger partial charge in [-0.1, -0.05) is 30.3 Å². The average Bonchev–Trinajstić information content (AvgIpc) is 2.19. The molecular formula is C12H20N2O. The van der Waals surface area contributed by atoms with Gasteiger partial charge in [0.05, 0.1) is 6.10 Å². The van der Waals surface area contributed by atoms with Crippen molar-refractivity contribution in [3.8, 4) is 0 Å². The van der Waals surface area contributed by atoms with Crippen molar-refractivity contribution in [3.63, 3.8) is 0 Å². The zero-order valence-corrected chi connectivity index (χ0v) is 9.26. The molecule has 15 heavy (non-hydrogen) atoms. The highest BCUT2D eigenvalue weighted by molar-refractivity contribution is 5.14. The van der Waals surface area contributed by atoms with Crippen molar-refractivity contribution >= 4 is 0 Å². The van der Waals surface area contributed by atoms with Crippen LogP contribution in [0.2, 0.25) is 0 Å². The first kappa shape index (κ1) is 12.2. The molecule has 0 aliphatic heterocycles. The van der Waals surface area contributed by atoms with Gasteiger partial charge < -0.3 is 10.8 Å². The molecule has 0 amide bonds. The molecule has 0 aliphatic carbocycles. The molecule has 0 aromatic heterocycles. The quantitative estimate of drug-likeness (QED) is 0.728. The van der Waals surface area contributed by atoms with Crippen LogP contribution in [0.5, 0.6) is 0 Å². The number of nitrogens with zero attached hydrogens (tertiary/aromatic N) is 1. The van der Waals surface area contributed by atoms with Gasteiger partial charge in [-0.3, -0.25) is 4.90 Å². The predicted molar refractivity (Wildman–Crippen MR) is 62.5 cm³/mol. The second-order valence-corrected chi connectivity index (χ2v) is 3.91. The Morgan fingerprint density at radius 3 is 2.60 bits per heavy atom. The maximum Gasteiger partial charge on any atom is 0.0679 e. The topological polar surface area (TPSA) is 49.5 Å². The molecule has 84 valence electrons. The molecule has 0 saturated heterocycles. The maximum absolute atomic E-state index is 9.58. The Morgan fingerprint density at radius 2 is 2.00 bits per heavy atom. The fraction of sp³-hybridized carbons (Fsp3) is 0.500. The summed E-state index contributed by atoms with van der Waals surface area (Å²) in [5.41, 5.74) is 6.64. The van der Waals surface area contributed by atoms with E-state index >= 15 is 0 Å². The van der Waals surface area contributed by atoms with E-state index in [1.165, 1.54) is 5.56 Å². The minimum atomic E-state index is -0.316. The molecule has 1 aromatic rings. The largest absolute Gasteiger partial charge is 0.392 e. The number of aliphatic hydroxyl groups is 1. The Labute approximate surface area is 91.5 Å². The maximum atomic E-state index is 9.58. The van der Waals surface area contributed by atoms with E-state index in [0.717, 1.165) is 6.54 Å². The lowest BCUT2D eigenvalue weighted by atomic mass is 10.2. The van der Waals surface area contributed by atoms with Crippen molar-refractivity contribution < 1.29 is 5.11 Å². The predicted octanol–water partition coefficient (Wildman–Crippen LogP) is 0.828. The van der Waals surface area contributed by atoms with Crippen molar-refractivity contribution in [1.82, 2.24) is 4.90 Å². The second-order valence-electron chi connectivity index (χ2n) is 3.91. The van der Waals surface area contributed by atoms with Gasteiger partial charge in [-0.2, -0.15) is 0 Å². The minimum absolute atomic E-state index is 0.316. The van der Waals surface area contributed by atoms with Crippen molar-refractivity contribution in [1.29, 1.82) is 0 Å². The molecule has 0 heterocycles. The molecular weight excluding hydrogens is 188 g/mol. The summed E-state index contributed by atoms with van der Waals surface area (Å²) in [6.07, 6.45) is 0.350. The van der Waals surface area contributed by atoms with Crippen molar-refractivity contribution in [3.05, 3.63) is 35.9 Å². The number of likely N-dealkylation sites (N-methyl/N-ethyl adjacent to an activating group) is 1. The summed E-state index contributed by atoms with van der Waals surface area (Å²) in [7, 11) is 2.01. The van der Waals surface area contributed by atoms with Crippen LogP contribution in [0.1, 0.15) is 12.0 Å². The van der Waals surface area contributed by atoms with Crippen molar-refractivity contribution in [2.24, 2.45) is 5.73 Å². The van der Waals surface area contributed by atoms with Gasteiger partial charge in [-0.25, -0.2) is 0 Å². The highest BCUT2D eigenvalue weighted by Gasteiger charge is 2.07. The number of hydrogen-bond acceptors (Lipinski definition) is 3. The van der Waals surface area contributed by atoms with E-state index in [4.69, 9.17) is 5.73 Å². The fourth-order valence-corrected chi connectivity index (χ4v) is 1.60. The molecule has 3 nitrogen and oxygen atoms in total. The third-order valence-corrected chi connectivity index (χ3v) is 2.32. The molecule has 0 radical (unpaired) electrons. The van der Waals surface area contributed by atoms with Crippen LogP contribution in [-0.2, 0) is 6.54 Å². The first-order valence-corrected chi connectivity index (χ1v) is 5.33. The van der Waals surface area contributed by atoms with Crippen LogP contribution in [-0.4, -0.2) is 36.2 Å². The Bertz CT molecular complexity index is 264. The van der Waals surface area contributed by atoms with E-state index in [-0.39, 0.29) is 6.10 Å². The Balaban J connectivity index is 2.33. The van der Waals surface area contributed by atoms with Crippen LogP contribution < -0.4 is 5.73 Å². The summed E-state index contributed by atoms with van der Waals surface area (Å²) in [5, 5.41) is 9.58. The molecule has 0 aliphatic rings. The summed E-state index contributed by atoms with van der Waals surface area (Å²) >= 11 is 0. The molecule has 1 atom stereocenters. The molecule has 3 N–H and O–H groups in total. The highest BCUT2D eigenvalue weighted by atomic mass is 16.3. The molecule has 1 aromatic carbocycles. The average molecular weight is 208 g/mol. The van der Waals surface area contributed by atoms with Crippen LogP contribution >= 0.6 is 0 Å². The van der Waals surface area contributed by atoms with Gasteiger partial charge in [0, 0.05) is 13.1 Å². The van der Waals surface area contributed by atoms with Crippen LogP contribution in [0.15, 0.2) is 30.3 Å². The van der Waals surface area contributed by atoms with Gasteiger partial charge in [0.25, 0.3) is 0 Å². The Kier molecular flexibility index (Phi) is 5.32. The summed E-state index contributed by atoms with van der Waals surface area (Å²) in [4.78, 5) is 2.11. The molecule has 0 fully saturated rings. The van der Waals surface area contributed by atoms with Crippen LogP contribution in [0.4, 0.5) is 0 Å². The molecule has 3 heteroatoms.